The minimum Gasteiger partial charge on any atom is -0.322 e. The maximum absolute atomic E-state index is 12.2. The van der Waals surface area contributed by atoms with Crippen LogP contribution in [0.4, 0.5) is 14.5 Å². The van der Waals surface area contributed by atoms with Gasteiger partial charge >= 0.3 is 0 Å². The van der Waals surface area contributed by atoms with Gasteiger partial charge in [0.1, 0.15) is 0 Å². The summed E-state index contributed by atoms with van der Waals surface area (Å²) in [5.74, 6) is -2.69. The molecule has 1 amide bonds. The molecule has 2 aromatic carbocycles. The highest BCUT2D eigenvalue weighted by Crippen LogP contribution is 2.26. The molecule has 0 heterocycles. The fourth-order valence-corrected chi connectivity index (χ4v) is 3.03. The van der Waals surface area contributed by atoms with Gasteiger partial charge < -0.3 is 5.32 Å². The number of hydrogen-bond donors (Lipinski definition) is 1. The number of halogens is 4. The van der Waals surface area contributed by atoms with Crippen molar-refractivity contribution < 1.29 is 13.6 Å². The monoisotopic (exact) mass is 483 g/mol. The molecule has 0 aliphatic rings. The molecule has 0 spiro atoms. The van der Waals surface area contributed by atoms with Crippen molar-refractivity contribution in [3.05, 3.63) is 56.1 Å². The van der Waals surface area contributed by atoms with Crippen molar-refractivity contribution in [1.29, 1.82) is 0 Å². The van der Waals surface area contributed by atoms with Crippen molar-refractivity contribution in [2.75, 3.05) is 5.32 Å². The van der Waals surface area contributed by atoms with Crippen molar-refractivity contribution in [3.63, 3.8) is 0 Å². The van der Waals surface area contributed by atoms with E-state index in [1.165, 1.54) is 0 Å². The third-order valence-electron chi connectivity index (χ3n) is 2.51. The summed E-state index contributed by atoms with van der Waals surface area (Å²) in [6, 6.07) is 11.7. The Morgan fingerprint density at radius 2 is 1.86 bits per heavy atom. The molecule has 0 radical (unpaired) electrons. The zero-order chi connectivity index (χ0) is 15.4. The number of hydrogen-bond acceptors (Lipinski definition) is 2. The van der Waals surface area contributed by atoms with Crippen LogP contribution in [0.25, 0.3) is 0 Å². The molecule has 110 valence electrons. The highest BCUT2D eigenvalue weighted by atomic mass is 127. The first kappa shape index (κ1) is 16.7. The molecule has 21 heavy (non-hydrogen) atoms. The predicted molar refractivity (Wildman–Crippen MR) is 93.1 cm³/mol. The normalized spacial score (nSPS) is 10.7. The second-order valence-corrected chi connectivity index (χ2v) is 7.12. The number of rotatable bonds is 4. The van der Waals surface area contributed by atoms with Crippen LogP contribution in [-0.4, -0.2) is 11.7 Å². The first-order valence-corrected chi connectivity index (χ1v) is 8.52. The van der Waals surface area contributed by atoms with Gasteiger partial charge in [-0.25, -0.2) is 0 Å². The number of carbonyl (C=O) groups is 1. The van der Waals surface area contributed by atoms with Gasteiger partial charge in [0.05, 0.1) is 5.56 Å². The zero-order valence-corrected chi connectivity index (χ0v) is 15.0. The van der Waals surface area contributed by atoms with Crippen LogP contribution in [-0.2, 0) is 0 Å². The Morgan fingerprint density at radius 3 is 2.48 bits per heavy atom. The minimum absolute atomic E-state index is 0.241. The molecule has 0 fully saturated rings. The number of nitrogens with one attached hydrogen (secondary N) is 1. The van der Waals surface area contributed by atoms with E-state index in [1.54, 1.807) is 30.3 Å². The molecule has 0 bridgehead atoms. The minimum atomic E-state index is -2.45. The van der Waals surface area contributed by atoms with Gasteiger partial charge in [-0.05, 0) is 65.1 Å². The average molecular weight is 484 g/mol. The van der Waals surface area contributed by atoms with Crippen LogP contribution in [0.15, 0.2) is 51.8 Å². The molecule has 0 unspecified atom stereocenters. The van der Waals surface area contributed by atoms with Crippen LogP contribution in [0, 0.1) is 3.57 Å². The molecule has 0 aliphatic heterocycles. The fourth-order valence-electron chi connectivity index (χ4n) is 1.59. The van der Waals surface area contributed by atoms with E-state index in [4.69, 9.17) is 0 Å². The van der Waals surface area contributed by atoms with Gasteiger partial charge in [-0.2, -0.15) is 8.78 Å². The number of benzene rings is 2. The van der Waals surface area contributed by atoms with E-state index in [1.807, 2.05) is 12.1 Å². The highest BCUT2D eigenvalue weighted by Gasteiger charge is 2.11. The lowest BCUT2D eigenvalue weighted by atomic mass is 10.2. The van der Waals surface area contributed by atoms with Gasteiger partial charge in [0.2, 0.25) is 0 Å². The number of alkyl halides is 2. The Labute approximate surface area is 147 Å². The molecule has 0 atom stereocenters. The van der Waals surface area contributed by atoms with E-state index >= 15 is 0 Å². The van der Waals surface area contributed by atoms with E-state index in [2.05, 4.69) is 43.8 Å². The summed E-state index contributed by atoms with van der Waals surface area (Å²) in [4.78, 5) is 12.6. The van der Waals surface area contributed by atoms with Gasteiger partial charge in [0.15, 0.2) is 0 Å². The molecule has 0 saturated carbocycles. The summed E-state index contributed by atoms with van der Waals surface area (Å²) in [5.41, 5.74) is 1.12. The third kappa shape index (κ3) is 4.93. The average Bonchev–Trinajstić information content (AvgIpc) is 2.43. The Hall–Kier alpha value is -0.670. The second-order valence-electron chi connectivity index (χ2n) is 3.98. The fraction of sp³-hybridized carbons (Fsp3) is 0.0714. The van der Waals surface area contributed by atoms with Crippen molar-refractivity contribution in [2.24, 2.45) is 0 Å². The highest BCUT2D eigenvalue weighted by molar-refractivity contribution is 14.1. The SMILES string of the molecule is O=C(Nc1ccc(SC(F)F)cc1)c1cc(Br)ccc1I. The van der Waals surface area contributed by atoms with E-state index in [0.717, 1.165) is 8.04 Å². The summed E-state index contributed by atoms with van der Waals surface area (Å²) < 4.78 is 26.1. The van der Waals surface area contributed by atoms with Gasteiger partial charge in [0.25, 0.3) is 11.7 Å². The molecule has 0 saturated heterocycles. The van der Waals surface area contributed by atoms with Crippen LogP contribution in [0.3, 0.4) is 0 Å². The lowest BCUT2D eigenvalue weighted by Crippen LogP contribution is -2.13. The second kappa shape index (κ2) is 7.55. The molecule has 7 heteroatoms. The maximum Gasteiger partial charge on any atom is 0.288 e. The van der Waals surface area contributed by atoms with E-state index in [0.29, 0.717) is 27.9 Å². The first-order chi connectivity index (χ1) is 9.95. The topological polar surface area (TPSA) is 29.1 Å². The quantitative estimate of drug-likeness (QED) is 0.451. The summed E-state index contributed by atoms with van der Waals surface area (Å²) in [6.45, 7) is 0. The molecule has 0 aromatic heterocycles. The molecule has 2 rings (SSSR count). The number of thioether (sulfide) groups is 1. The van der Waals surface area contributed by atoms with E-state index in [-0.39, 0.29) is 5.91 Å². The Morgan fingerprint density at radius 1 is 1.19 bits per heavy atom. The number of anilines is 1. The van der Waals surface area contributed by atoms with Crippen LogP contribution < -0.4 is 5.32 Å². The Bertz CT molecular complexity index is 652. The maximum atomic E-state index is 12.2. The summed E-state index contributed by atoms with van der Waals surface area (Å²) in [5, 5.41) is 2.75. The molecular formula is C14H9BrF2INOS. The van der Waals surface area contributed by atoms with E-state index in [9.17, 15) is 13.6 Å². The third-order valence-corrected chi connectivity index (χ3v) is 4.67. The van der Waals surface area contributed by atoms with Crippen molar-refractivity contribution in [2.45, 2.75) is 10.7 Å². The molecule has 2 nitrogen and oxygen atoms in total. The van der Waals surface area contributed by atoms with Gasteiger partial charge in [0, 0.05) is 18.6 Å². The van der Waals surface area contributed by atoms with Crippen molar-refractivity contribution >= 4 is 61.9 Å². The predicted octanol–water partition coefficient (Wildman–Crippen LogP) is 5.62. The standard InChI is InChI=1S/C14H9BrF2INOS/c15-8-1-6-12(18)11(7-8)13(20)19-9-2-4-10(5-3-9)21-14(16)17/h1-7,14H,(H,19,20). The van der Waals surface area contributed by atoms with Crippen LogP contribution >= 0.6 is 50.3 Å². The molecular weight excluding hydrogens is 475 g/mol. The van der Waals surface area contributed by atoms with E-state index < -0.39 is 5.76 Å². The molecule has 0 aliphatic carbocycles. The Balaban J connectivity index is 2.10. The molecule has 2 aromatic rings. The van der Waals surface area contributed by atoms with Crippen LogP contribution in [0.2, 0.25) is 0 Å². The van der Waals surface area contributed by atoms with Gasteiger partial charge in [-0.15, -0.1) is 0 Å². The Kier molecular flexibility index (Phi) is 6.00. The molecule has 1 N–H and O–H groups in total. The van der Waals surface area contributed by atoms with Gasteiger partial charge in [-0.3, -0.25) is 4.79 Å². The van der Waals surface area contributed by atoms with Gasteiger partial charge in [-0.1, -0.05) is 27.7 Å². The number of carbonyl (C=O) groups excluding carboxylic acids is 1. The first-order valence-electron chi connectivity index (χ1n) is 5.77. The van der Waals surface area contributed by atoms with Crippen LogP contribution in [0.5, 0.6) is 0 Å². The van der Waals surface area contributed by atoms with Crippen molar-refractivity contribution in [3.8, 4) is 0 Å². The number of amides is 1. The largest absolute Gasteiger partial charge is 0.322 e. The smallest absolute Gasteiger partial charge is 0.288 e. The lowest BCUT2D eigenvalue weighted by Gasteiger charge is -2.08. The lowest BCUT2D eigenvalue weighted by molar-refractivity contribution is 0.102. The van der Waals surface area contributed by atoms with Crippen LogP contribution in [0.1, 0.15) is 10.4 Å². The summed E-state index contributed by atoms with van der Waals surface area (Å²) in [7, 11) is 0. The van der Waals surface area contributed by atoms with Crippen molar-refractivity contribution in [1.82, 2.24) is 0 Å². The summed E-state index contributed by atoms with van der Waals surface area (Å²) >= 11 is 5.88. The zero-order valence-electron chi connectivity index (χ0n) is 10.4. The summed E-state index contributed by atoms with van der Waals surface area (Å²) in [6.07, 6.45) is 0.